The maximum Gasteiger partial charge on any atom is 0.133 e. The summed E-state index contributed by atoms with van der Waals surface area (Å²) in [4.78, 5) is 4.94. The van der Waals surface area contributed by atoms with Crippen LogP contribution < -0.4 is 0 Å². The third-order valence-corrected chi connectivity index (χ3v) is 8.12. The average molecular weight is 548 g/mol. The van der Waals surface area contributed by atoms with Gasteiger partial charge in [-0.15, -0.1) is 0 Å². The molecule has 1 atom stereocenters. The minimum absolute atomic E-state index is 0.207. The van der Waals surface area contributed by atoms with Gasteiger partial charge >= 0.3 is 0 Å². The summed E-state index contributed by atoms with van der Waals surface area (Å²) in [5, 5.41) is 23.8. The van der Waals surface area contributed by atoms with E-state index in [1.54, 1.807) is 0 Å². The number of fused-ring (bicyclic) bond motifs is 1. The van der Waals surface area contributed by atoms with E-state index in [0.717, 1.165) is 33.0 Å². The summed E-state index contributed by atoms with van der Waals surface area (Å²) in [6, 6.07) is 45.2. The van der Waals surface area contributed by atoms with E-state index in [9.17, 15) is 10.4 Å². The molecular formula is C38H33N3O. The number of aromatic nitrogens is 2. The average Bonchev–Trinajstić information content (AvgIpc) is 3.53. The highest BCUT2D eigenvalue weighted by molar-refractivity contribution is 5.84. The molecule has 206 valence electrons. The van der Waals surface area contributed by atoms with Crippen LogP contribution in [0.2, 0.25) is 0 Å². The number of hydrogen-bond acceptors (Lipinski definition) is 3. The minimum atomic E-state index is -1.32. The van der Waals surface area contributed by atoms with E-state index in [1.807, 2.05) is 67.1 Å². The Labute approximate surface area is 247 Å². The van der Waals surface area contributed by atoms with E-state index >= 15 is 0 Å². The fourth-order valence-corrected chi connectivity index (χ4v) is 6.24. The molecule has 1 heterocycles. The van der Waals surface area contributed by atoms with Gasteiger partial charge in [0.05, 0.1) is 23.7 Å². The summed E-state index contributed by atoms with van der Waals surface area (Å²) in [6.07, 6.45) is 4.37. The molecule has 4 heteroatoms. The Morgan fingerprint density at radius 3 is 1.76 bits per heavy atom. The Morgan fingerprint density at radius 2 is 1.24 bits per heavy atom. The lowest BCUT2D eigenvalue weighted by molar-refractivity contribution is 0.0535. The van der Waals surface area contributed by atoms with Crippen LogP contribution in [0.3, 0.4) is 0 Å². The van der Waals surface area contributed by atoms with Crippen molar-refractivity contribution in [3.63, 3.8) is 0 Å². The van der Waals surface area contributed by atoms with Crippen molar-refractivity contribution in [2.24, 2.45) is 5.92 Å². The van der Waals surface area contributed by atoms with Crippen LogP contribution in [0.15, 0.2) is 140 Å². The van der Waals surface area contributed by atoms with Crippen molar-refractivity contribution in [3.05, 3.63) is 173 Å². The highest BCUT2D eigenvalue weighted by Crippen LogP contribution is 2.43. The number of hydrogen-bond donors (Lipinski definition) is 1. The van der Waals surface area contributed by atoms with Crippen LogP contribution in [0.1, 0.15) is 53.8 Å². The fraction of sp³-hybridized carbons (Fsp3) is 0.158. The zero-order chi connectivity index (χ0) is 29.2. The lowest BCUT2D eigenvalue weighted by Gasteiger charge is -2.37. The van der Waals surface area contributed by atoms with Gasteiger partial charge in [-0.3, -0.25) is 0 Å². The SMILES string of the molecule is CC(C)CC(O)(c1ccc2cc(C#N)ccc2c1)c1cn(C(c2ccccc2)(c2ccccc2)c2ccccc2)cn1. The topological polar surface area (TPSA) is 61.8 Å². The van der Waals surface area contributed by atoms with E-state index in [1.165, 1.54) is 0 Å². The standard InChI is InChI=1S/C38H33N3O/c1-28(2)24-37(42,35-21-20-30-22-29(25-39)18-19-31(30)23-35)36-26-41(27-40-36)38(32-12-6-3-7-13-32,33-14-8-4-9-15-33)34-16-10-5-11-17-34/h3-23,26-28,42H,24H2,1-2H3. The molecule has 6 rings (SSSR count). The van der Waals surface area contributed by atoms with Gasteiger partial charge < -0.3 is 9.67 Å². The van der Waals surface area contributed by atoms with E-state index in [2.05, 4.69) is 97.3 Å². The molecular weight excluding hydrogens is 514 g/mol. The van der Waals surface area contributed by atoms with Crippen LogP contribution in [0.4, 0.5) is 0 Å². The zero-order valence-electron chi connectivity index (χ0n) is 23.9. The van der Waals surface area contributed by atoms with Gasteiger partial charge in [0.25, 0.3) is 0 Å². The maximum absolute atomic E-state index is 12.5. The molecule has 0 amide bonds. The quantitative estimate of drug-likeness (QED) is 0.196. The van der Waals surface area contributed by atoms with Crippen molar-refractivity contribution in [2.75, 3.05) is 0 Å². The van der Waals surface area contributed by atoms with Crippen molar-refractivity contribution in [2.45, 2.75) is 31.4 Å². The van der Waals surface area contributed by atoms with Crippen molar-refractivity contribution in [1.82, 2.24) is 9.55 Å². The summed E-state index contributed by atoms with van der Waals surface area (Å²) in [7, 11) is 0. The molecule has 0 bridgehead atoms. The summed E-state index contributed by atoms with van der Waals surface area (Å²) < 4.78 is 2.15. The predicted octanol–water partition coefficient (Wildman–Crippen LogP) is 8.03. The van der Waals surface area contributed by atoms with Crippen LogP contribution in [0.5, 0.6) is 0 Å². The number of aliphatic hydroxyl groups is 1. The van der Waals surface area contributed by atoms with E-state index in [0.29, 0.717) is 17.7 Å². The van der Waals surface area contributed by atoms with E-state index in [4.69, 9.17) is 4.98 Å². The van der Waals surface area contributed by atoms with Gasteiger partial charge in [-0.1, -0.05) is 123 Å². The first kappa shape index (κ1) is 27.2. The molecule has 0 radical (unpaired) electrons. The number of nitriles is 1. The lowest BCUT2D eigenvalue weighted by Crippen LogP contribution is -2.37. The largest absolute Gasteiger partial charge is 0.379 e. The summed E-state index contributed by atoms with van der Waals surface area (Å²) in [5.41, 5.74) is 3.24. The third kappa shape index (κ3) is 4.68. The van der Waals surface area contributed by atoms with Gasteiger partial charge in [-0.25, -0.2) is 4.98 Å². The molecule has 6 aromatic rings. The van der Waals surface area contributed by atoms with Gasteiger partial charge in [-0.2, -0.15) is 5.26 Å². The fourth-order valence-electron chi connectivity index (χ4n) is 6.24. The summed E-state index contributed by atoms with van der Waals surface area (Å²) in [5.74, 6) is 0.207. The van der Waals surface area contributed by atoms with Crippen LogP contribution in [-0.4, -0.2) is 14.7 Å². The monoisotopic (exact) mass is 547 g/mol. The van der Waals surface area contributed by atoms with Gasteiger partial charge in [0.1, 0.15) is 11.1 Å². The number of rotatable bonds is 8. The smallest absolute Gasteiger partial charge is 0.133 e. The van der Waals surface area contributed by atoms with E-state index < -0.39 is 11.1 Å². The zero-order valence-corrected chi connectivity index (χ0v) is 23.9. The van der Waals surface area contributed by atoms with Gasteiger partial charge in [-0.05, 0) is 63.6 Å². The molecule has 0 saturated carbocycles. The van der Waals surface area contributed by atoms with Crippen molar-refractivity contribution in [1.29, 1.82) is 5.26 Å². The highest BCUT2D eigenvalue weighted by atomic mass is 16.3. The molecule has 4 nitrogen and oxygen atoms in total. The summed E-state index contributed by atoms with van der Waals surface area (Å²) in [6.45, 7) is 4.23. The molecule has 0 aliphatic carbocycles. The Kier molecular flexibility index (Phi) is 7.20. The first-order chi connectivity index (χ1) is 20.4. The molecule has 42 heavy (non-hydrogen) atoms. The van der Waals surface area contributed by atoms with Gasteiger partial charge in [0, 0.05) is 6.20 Å². The first-order valence-corrected chi connectivity index (χ1v) is 14.3. The second-order valence-corrected chi connectivity index (χ2v) is 11.3. The molecule has 0 aliphatic heterocycles. The maximum atomic E-state index is 12.5. The third-order valence-electron chi connectivity index (χ3n) is 8.12. The summed E-state index contributed by atoms with van der Waals surface area (Å²) >= 11 is 0. The molecule has 1 N–H and O–H groups in total. The second-order valence-electron chi connectivity index (χ2n) is 11.3. The molecule has 5 aromatic carbocycles. The second kappa shape index (κ2) is 11.1. The van der Waals surface area contributed by atoms with Gasteiger partial charge in [0.2, 0.25) is 0 Å². The van der Waals surface area contributed by atoms with Crippen molar-refractivity contribution < 1.29 is 5.11 Å². The molecule has 0 saturated heterocycles. The molecule has 0 spiro atoms. The Morgan fingerprint density at radius 1 is 0.714 bits per heavy atom. The Hall–Kier alpha value is -4.98. The van der Waals surface area contributed by atoms with Crippen LogP contribution >= 0.6 is 0 Å². The van der Waals surface area contributed by atoms with Gasteiger partial charge in [0.15, 0.2) is 0 Å². The van der Waals surface area contributed by atoms with Crippen LogP contribution in [0.25, 0.3) is 10.8 Å². The highest BCUT2D eigenvalue weighted by Gasteiger charge is 2.41. The lowest BCUT2D eigenvalue weighted by atomic mass is 9.76. The minimum Gasteiger partial charge on any atom is -0.379 e. The van der Waals surface area contributed by atoms with Crippen molar-refractivity contribution in [3.8, 4) is 6.07 Å². The predicted molar refractivity (Wildman–Crippen MR) is 168 cm³/mol. The molecule has 1 unspecified atom stereocenters. The first-order valence-electron chi connectivity index (χ1n) is 14.3. The molecule has 0 aliphatic rings. The molecule has 1 aromatic heterocycles. The number of nitrogens with zero attached hydrogens (tertiary/aromatic N) is 3. The van der Waals surface area contributed by atoms with E-state index in [-0.39, 0.29) is 5.92 Å². The van der Waals surface area contributed by atoms with Crippen LogP contribution in [-0.2, 0) is 11.1 Å². The number of imidazole rings is 1. The number of benzene rings is 5. The van der Waals surface area contributed by atoms with Crippen LogP contribution in [0, 0.1) is 17.2 Å². The Bertz CT molecular complexity index is 1760. The molecule has 0 fully saturated rings. The normalized spacial score (nSPS) is 13.1. The van der Waals surface area contributed by atoms with Crippen molar-refractivity contribution >= 4 is 10.8 Å². The Balaban J connectivity index is 1.58.